The van der Waals surface area contributed by atoms with E-state index in [-0.39, 0.29) is 0 Å². The Morgan fingerprint density at radius 1 is 1.18 bits per heavy atom. The van der Waals surface area contributed by atoms with Gasteiger partial charge < -0.3 is 20.5 Å². The van der Waals surface area contributed by atoms with Gasteiger partial charge in [-0.05, 0) is 38.3 Å². The lowest BCUT2D eigenvalue weighted by atomic mass is 10.1. The zero-order valence-electron chi connectivity index (χ0n) is 11.7. The molecule has 0 saturated carbocycles. The highest BCUT2D eigenvalue weighted by Crippen LogP contribution is 1.98. The van der Waals surface area contributed by atoms with Gasteiger partial charge in [0.15, 0.2) is 0 Å². The summed E-state index contributed by atoms with van der Waals surface area (Å²) in [5.41, 5.74) is 5.51. The number of ether oxygens (including phenoxy) is 2. The fourth-order valence-corrected chi connectivity index (χ4v) is 1.61. The van der Waals surface area contributed by atoms with Crippen LogP contribution in [0.1, 0.15) is 33.1 Å². The van der Waals surface area contributed by atoms with Gasteiger partial charge in [-0.25, -0.2) is 0 Å². The Morgan fingerprint density at radius 2 is 1.94 bits per heavy atom. The Hall–Kier alpha value is -0.160. The summed E-state index contributed by atoms with van der Waals surface area (Å²) in [6.45, 7) is 8.51. The van der Waals surface area contributed by atoms with Crippen LogP contribution < -0.4 is 11.1 Å². The molecule has 104 valence electrons. The molecule has 0 aliphatic heterocycles. The van der Waals surface area contributed by atoms with E-state index in [0.717, 1.165) is 52.2 Å². The molecule has 0 aromatic carbocycles. The maximum absolute atomic E-state index is 5.53. The monoisotopic (exact) mass is 246 g/mol. The summed E-state index contributed by atoms with van der Waals surface area (Å²) in [5, 5.41) is 3.48. The highest BCUT2D eigenvalue weighted by molar-refractivity contribution is 4.66. The molecule has 0 rings (SSSR count). The largest absolute Gasteiger partial charge is 0.383 e. The summed E-state index contributed by atoms with van der Waals surface area (Å²) in [4.78, 5) is 0. The molecule has 0 amide bonds. The van der Waals surface area contributed by atoms with Crippen LogP contribution in [-0.2, 0) is 9.47 Å². The molecule has 0 aromatic rings. The Morgan fingerprint density at radius 3 is 2.53 bits per heavy atom. The van der Waals surface area contributed by atoms with Gasteiger partial charge in [0.2, 0.25) is 0 Å². The predicted molar refractivity (Wildman–Crippen MR) is 72.2 cm³/mol. The molecule has 17 heavy (non-hydrogen) atoms. The summed E-state index contributed by atoms with van der Waals surface area (Å²) in [7, 11) is 1.74. The summed E-state index contributed by atoms with van der Waals surface area (Å²) in [5.74, 6) is 0.619. The Labute approximate surface area is 106 Å². The van der Waals surface area contributed by atoms with Crippen molar-refractivity contribution < 1.29 is 9.47 Å². The zero-order chi connectivity index (χ0) is 12.9. The summed E-state index contributed by atoms with van der Waals surface area (Å²) >= 11 is 0. The molecule has 1 atom stereocenters. The van der Waals surface area contributed by atoms with Gasteiger partial charge in [0, 0.05) is 26.4 Å². The van der Waals surface area contributed by atoms with Crippen molar-refractivity contribution in [3.8, 4) is 0 Å². The van der Waals surface area contributed by atoms with Crippen molar-refractivity contribution in [2.24, 2.45) is 11.7 Å². The van der Waals surface area contributed by atoms with Gasteiger partial charge in [-0.1, -0.05) is 13.8 Å². The van der Waals surface area contributed by atoms with E-state index >= 15 is 0 Å². The number of hydrogen-bond acceptors (Lipinski definition) is 4. The summed E-state index contributed by atoms with van der Waals surface area (Å²) < 4.78 is 10.7. The van der Waals surface area contributed by atoms with E-state index in [1.165, 1.54) is 0 Å². The van der Waals surface area contributed by atoms with Crippen molar-refractivity contribution in [1.82, 2.24) is 5.32 Å². The number of methoxy groups -OCH3 is 1. The van der Waals surface area contributed by atoms with E-state index in [1.807, 2.05) is 0 Å². The van der Waals surface area contributed by atoms with Crippen molar-refractivity contribution in [3.63, 3.8) is 0 Å². The molecule has 0 bridgehead atoms. The molecule has 0 aromatic heterocycles. The van der Waals surface area contributed by atoms with Gasteiger partial charge in [-0.2, -0.15) is 0 Å². The average molecular weight is 246 g/mol. The van der Waals surface area contributed by atoms with E-state index in [4.69, 9.17) is 15.2 Å². The summed E-state index contributed by atoms with van der Waals surface area (Å²) in [6.07, 6.45) is 3.18. The van der Waals surface area contributed by atoms with Crippen LogP contribution in [-0.4, -0.2) is 46.1 Å². The molecule has 0 fully saturated rings. The molecule has 3 N–H and O–H groups in total. The molecule has 0 saturated heterocycles. The van der Waals surface area contributed by atoms with Crippen molar-refractivity contribution >= 4 is 0 Å². The maximum atomic E-state index is 5.53. The van der Waals surface area contributed by atoms with Crippen LogP contribution in [0.3, 0.4) is 0 Å². The average Bonchev–Trinajstić information content (AvgIpc) is 2.29. The van der Waals surface area contributed by atoms with Crippen LogP contribution in [0.4, 0.5) is 0 Å². The van der Waals surface area contributed by atoms with Gasteiger partial charge >= 0.3 is 0 Å². The third kappa shape index (κ3) is 12.1. The Bertz CT molecular complexity index is 154. The van der Waals surface area contributed by atoms with Crippen LogP contribution in [0.2, 0.25) is 0 Å². The molecule has 0 aliphatic rings. The van der Waals surface area contributed by atoms with Gasteiger partial charge in [0.05, 0.1) is 6.61 Å². The van der Waals surface area contributed by atoms with Gasteiger partial charge in [0.1, 0.15) is 0 Å². The SMILES string of the molecule is COCC(CCCN)NCCCOCC(C)C. The first-order valence-corrected chi connectivity index (χ1v) is 6.70. The lowest BCUT2D eigenvalue weighted by molar-refractivity contribution is 0.105. The third-order valence-corrected chi connectivity index (χ3v) is 2.47. The molecule has 0 spiro atoms. The standard InChI is InChI=1S/C13H30N2O2/c1-12(2)10-17-9-5-8-15-13(11-16-3)6-4-7-14/h12-13,15H,4-11,14H2,1-3H3. The van der Waals surface area contributed by atoms with Crippen molar-refractivity contribution in [1.29, 1.82) is 0 Å². The lowest BCUT2D eigenvalue weighted by Gasteiger charge is -2.17. The van der Waals surface area contributed by atoms with Crippen LogP contribution in [0.5, 0.6) is 0 Å². The summed E-state index contributed by atoms with van der Waals surface area (Å²) in [6, 6.07) is 0.425. The van der Waals surface area contributed by atoms with E-state index in [2.05, 4.69) is 19.2 Å². The number of nitrogens with one attached hydrogen (secondary N) is 1. The fraction of sp³-hybridized carbons (Fsp3) is 1.00. The van der Waals surface area contributed by atoms with Crippen molar-refractivity contribution in [2.75, 3.05) is 40.0 Å². The quantitative estimate of drug-likeness (QED) is 0.511. The lowest BCUT2D eigenvalue weighted by Crippen LogP contribution is -2.34. The molecule has 0 heterocycles. The van der Waals surface area contributed by atoms with E-state index in [9.17, 15) is 0 Å². The highest BCUT2D eigenvalue weighted by atomic mass is 16.5. The molecule has 0 aliphatic carbocycles. The van der Waals surface area contributed by atoms with Crippen molar-refractivity contribution in [2.45, 2.75) is 39.2 Å². The first kappa shape index (κ1) is 16.8. The molecule has 0 radical (unpaired) electrons. The van der Waals surface area contributed by atoms with E-state index < -0.39 is 0 Å². The van der Waals surface area contributed by atoms with E-state index in [0.29, 0.717) is 12.0 Å². The number of hydrogen-bond donors (Lipinski definition) is 2. The minimum absolute atomic E-state index is 0.425. The van der Waals surface area contributed by atoms with Crippen molar-refractivity contribution in [3.05, 3.63) is 0 Å². The second-order valence-electron chi connectivity index (χ2n) is 4.86. The van der Waals surface area contributed by atoms with Crippen LogP contribution in [0.15, 0.2) is 0 Å². The fourth-order valence-electron chi connectivity index (χ4n) is 1.61. The first-order chi connectivity index (χ1) is 8.20. The number of nitrogens with two attached hydrogens (primary N) is 1. The topological polar surface area (TPSA) is 56.5 Å². The molecule has 4 nitrogen and oxygen atoms in total. The molecule has 1 unspecified atom stereocenters. The van der Waals surface area contributed by atoms with Gasteiger partial charge in [-0.15, -0.1) is 0 Å². The molecular weight excluding hydrogens is 216 g/mol. The predicted octanol–water partition coefficient (Wildman–Crippen LogP) is 1.39. The minimum atomic E-state index is 0.425. The van der Waals surface area contributed by atoms with Gasteiger partial charge in [-0.3, -0.25) is 0 Å². The minimum Gasteiger partial charge on any atom is -0.383 e. The normalized spacial score (nSPS) is 13.2. The maximum Gasteiger partial charge on any atom is 0.0615 e. The Balaban J connectivity index is 3.40. The Kier molecular flexibility index (Phi) is 12.2. The van der Waals surface area contributed by atoms with E-state index in [1.54, 1.807) is 7.11 Å². The molecular formula is C13H30N2O2. The zero-order valence-corrected chi connectivity index (χ0v) is 11.7. The molecule has 4 heteroatoms. The van der Waals surface area contributed by atoms with Crippen LogP contribution >= 0.6 is 0 Å². The highest BCUT2D eigenvalue weighted by Gasteiger charge is 2.06. The van der Waals surface area contributed by atoms with Gasteiger partial charge in [0.25, 0.3) is 0 Å². The second kappa shape index (κ2) is 12.3. The third-order valence-electron chi connectivity index (χ3n) is 2.47. The first-order valence-electron chi connectivity index (χ1n) is 6.70. The smallest absolute Gasteiger partial charge is 0.0615 e. The number of rotatable bonds is 12. The van der Waals surface area contributed by atoms with Crippen LogP contribution in [0.25, 0.3) is 0 Å². The van der Waals surface area contributed by atoms with Crippen LogP contribution in [0, 0.1) is 5.92 Å². The second-order valence-corrected chi connectivity index (χ2v) is 4.86.